The second-order valence-corrected chi connectivity index (χ2v) is 6.16. The van der Waals surface area contributed by atoms with Crippen LogP contribution in [0.15, 0.2) is 39.5 Å². The van der Waals surface area contributed by atoms with Crippen LogP contribution in [0.4, 0.5) is 4.39 Å². The van der Waals surface area contributed by atoms with E-state index in [1.807, 2.05) is 16.8 Å². The number of nitrogens with zero attached hydrogens (tertiary/aromatic N) is 2. The van der Waals surface area contributed by atoms with Crippen LogP contribution in [0.1, 0.15) is 23.4 Å². The lowest BCUT2D eigenvalue weighted by Gasteiger charge is -2.05. The quantitative estimate of drug-likeness (QED) is 0.742. The van der Waals surface area contributed by atoms with Crippen molar-refractivity contribution >= 4 is 17.2 Å². The van der Waals surface area contributed by atoms with Gasteiger partial charge in [-0.2, -0.15) is 16.3 Å². The number of hydrogen-bond donors (Lipinski definition) is 1. The van der Waals surface area contributed by atoms with Gasteiger partial charge in [-0.3, -0.25) is 4.79 Å². The lowest BCUT2D eigenvalue weighted by Crippen LogP contribution is -2.23. The molecule has 1 amide bonds. The lowest BCUT2D eigenvalue weighted by molar-refractivity contribution is -0.121. The summed E-state index contributed by atoms with van der Waals surface area (Å²) in [6.07, 6.45) is 0.602. The van der Waals surface area contributed by atoms with Crippen LogP contribution >= 0.6 is 11.3 Å². The van der Waals surface area contributed by atoms with Crippen molar-refractivity contribution in [3.05, 3.63) is 57.9 Å². The van der Waals surface area contributed by atoms with Gasteiger partial charge in [0.1, 0.15) is 5.82 Å². The number of carbonyl (C=O) groups excluding carboxylic acids is 1. The summed E-state index contributed by atoms with van der Waals surface area (Å²) < 4.78 is 18.6. The van der Waals surface area contributed by atoms with E-state index in [1.54, 1.807) is 30.4 Å². The van der Waals surface area contributed by atoms with Gasteiger partial charge < -0.3 is 9.84 Å². The zero-order valence-electron chi connectivity index (χ0n) is 13.1. The molecule has 0 radical (unpaired) electrons. The first-order valence-corrected chi connectivity index (χ1v) is 8.43. The van der Waals surface area contributed by atoms with Crippen molar-refractivity contribution < 1.29 is 13.7 Å². The molecule has 5 nitrogen and oxygen atoms in total. The molecular weight excluding hydrogens is 329 g/mol. The zero-order valence-corrected chi connectivity index (χ0v) is 13.9. The molecule has 0 unspecified atom stereocenters. The smallest absolute Gasteiger partial charge is 0.227 e. The fourth-order valence-electron chi connectivity index (χ4n) is 2.12. The average molecular weight is 345 g/mol. The third-order valence-electron chi connectivity index (χ3n) is 3.54. The summed E-state index contributed by atoms with van der Waals surface area (Å²) in [6.45, 7) is 1.99. The van der Waals surface area contributed by atoms with Crippen molar-refractivity contribution in [1.29, 1.82) is 0 Å². The van der Waals surface area contributed by atoms with Gasteiger partial charge in [0.15, 0.2) is 0 Å². The number of thiophene rings is 1. The van der Waals surface area contributed by atoms with Gasteiger partial charge in [0, 0.05) is 30.3 Å². The summed E-state index contributed by atoms with van der Waals surface area (Å²) in [4.78, 5) is 16.1. The van der Waals surface area contributed by atoms with Gasteiger partial charge >= 0.3 is 0 Å². The van der Waals surface area contributed by atoms with Crippen molar-refractivity contribution in [1.82, 2.24) is 15.5 Å². The molecule has 0 aliphatic heterocycles. The molecule has 1 N–H and O–H groups in total. The molecule has 2 aromatic heterocycles. The Hall–Kier alpha value is -2.54. The summed E-state index contributed by atoms with van der Waals surface area (Å²) in [7, 11) is 0. The largest absolute Gasteiger partial charge is 0.352 e. The van der Waals surface area contributed by atoms with E-state index < -0.39 is 0 Å². The van der Waals surface area contributed by atoms with Gasteiger partial charge in [0.25, 0.3) is 0 Å². The molecule has 0 bridgehead atoms. The molecule has 0 spiro atoms. The molecule has 1 aromatic carbocycles. The predicted molar refractivity (Wildman–Crippen MR) is 88.9 cm³/mol. The number of amides is 1. The number of carbonyl (C=O) groups is 1. The van der Waals surface area contributed by atoms with Crippen LogP contribution in [0.25, 0.3) is 11.4 Å². The minimum Gasteiger partial charge on any atom is -0.352 e. The minimum absolute atomic E-state index is 0.147. The normalized spacial score (nSPS) is 10.8. The van der Waals surface area contributed by atoms with Gasteiger partial charge in [-0.25, -0.2) is 4.39 Å². The Balaban J connectivity index is 1.48. The van der Waals surface area contributed by atoms with Crippen molar-refractivity contribution in [2.24, 2.45) is 0 Å². The number of nitrogens with one attached hydrogen (secondary N) is 1. The molecule has 7 heteroatoms. The first-order chi connectivity index (χ1) is 11.6. The third-order valence-corrected chi connectivity index (χ3v) is 4.22. The summed E-state index contributed by atoms with van der Waals surface area (Å²) in [5, 5.41) is 10.5. The molecule has 2 heterocycles. The number of aromatic nitrogens is 2. The van der Waals surface area contributed by atoms with E-state index in [2.05, 4.69) is 15.5 Å². The Morgan fingerprint density at radius 1 is 1.38 bits per heavy atom. The van der Waals surface area contributed by atoms with Crippen molar-refractivity contribution in [2.75, 3.05) is 0 Å². The van der Waals surface area contributed by atoms with Gasteiger partial charge in [-0.15, -0.1) is 0 Å². The van der Waals surface area contributed by atoms with Crippen molar-refractivity contribution in [3.8, 4) is 11.4 Å². The standard InChI is InChI=1S/C17H16FN3O2S/c1-11-2-3-12(8-14(11)18)9-19-15(22)4-5-16-20-17(21-23-16)13-6-7-24-10-13/h2-3,6-8,10H,4-5,9H2,1H3,(H,19,22). The van der Waals surface area contributed by atoms with Crippen LogP contribution < -0.4 is 5.32 Å². The number of benzene rings is 1. The highest BCUT2D eigenvalue weighted by molar-refractivity contribution is 7.08. The molecule has 3 rings (SSSR count). The summed E-state index contributed by atoms with van der Waals surface area (Å²) >= 11 is 1.56. The van der Waals surface area contributed by atoms with Gasteiger partial charge in [-0.05, 0) is 35.6 Å². The molecule has 0 fully saturated rings. The number of halogens is 1. The third kappa shape index (κ3) is 4.05. The van der Waals surface area contributed by atoms with Crippen LogP contribution in [0.5, 0.6) is 0 Å². The highest BCUT2D eigenvalue weighted by atomic mass is 32.1. The fraction of sp³-hybridized carbons (Fsp3) is 0.235. The van der Waals surface area contributed by atoms with Crippen LogP contribution in [-0.2, 0) is 17.8 Å². The number of rotatable bonds is 6. The van der Waals surface area contributed by atoms with Crippen LogP contribution in [0, 0.1) is 12.7 Å². The Labute approximate surface area is 142 Å². The topological polar surface area (TPSA) is 68.0 Å². The van der Waals surface area contributed by atoms with E-state index in [0.717, 1.165) is 11.1 Å². The molecule has 124 valence electrons. The van der Waals surface area contributed by atoms with E-state index in [4.69, 9.17) is 4.52 Å². The molecule has 0 aliphatic carbocycles. The van der Waals surface area contributed by atoms with Crippen LogP contribution in [0.3, 0.4) is 0 Å². The zero-order chi connectivity index (χ0) is 16.9. The van der Waals surface area contributed by atoms with Crippen LogP contribution in [-0.4, -0.2) is 16.0 Å². The number of aryl methyl sites for hydroxylation is 2. The Bertz CT molecular complexity index is 830. The van der Waals surface area contributed by atoms with Crippen molar-refractivity contribution in [2.45, 2.75) is 26.3 Å². The molecule has 0 atom stereocenters. The maximum Gasteiger partial charge on any atom is 0.227 e. The molecule has 3 aromatic rings. The van der Waals surface area contributed by atoms with E-state index in [9.17, 15) is 9.18 Å². The summed E-state index contributed by atoms with van der Waals surface area (Å²) in [5.74, 6) is 0.536. The molecular formula is C17H16FN3O2S. The lowest BCUT2D eigenvalue weighted by atomic mass is 10.1. The fourth-order valence-corrected chi connectivity index (χ4v) is 2.76. The van der Waals surface area contributed by atoms with Gasteiger partial charge in [-0.1, -0.05) is 17.3 Å². The van der Waals surface area contributed by atoms with Gasteiger partial charge in [0.2, 0.25) is 17.6 Å². The Morgan fingerprint density at radius 2 is 2.25 bits per heavy atom. The average Bonchev–Trinajstić information content (AvgIpc) is 3.25. The number of hydrogen-bond acceptors (Lipinski definition) is 5. The Kier molecular flexibility index (Phi) is 5.00. The van der Waals surface area contributed by atoms with E-state index in [0.29, 0.717) is 30.2 Å². The minimum atomic E-state index is -0.270. The maximum absolute atomic E-state index is 13.5. The second-order valence-electron chi connectivity index (χ2n) is 5.38. The van der Waals surface area contributed by atoms with E-state index in [-0.39, 0.29) is 18.1 Å². The maximum atomic E-state index is 13.5. The van der Waals surface area contributed by atoms with E-state index in [1.165, 1.54) is 6.07 Å². The molecule has 0 saturated heterocycles. The predicted octanol–water partition coefficient (Wildman–Crippen LogP) is 3.49. The molecule has 0 saturated carbocycles. The van der Waals surface area contributed by atoms with Crippen LogP contribution in [0.2, 0.25) is 0 Å². The SMILES string of the molecule is Cc1ccc(CNC(=O)CCc2nc(-c3ccsc3)no2)cc1F. The first-order valence-electron chi connectivity index (χ1n) is 7.48. The molecule has 24 heavy (non-hydrogen) atoms. The highest BCUT2D eigenvalue weighted by Gasteiger charge is 2.11. The highest BCUT2D eigenvalue weighted by Crippen LogP contribution is 2.19. The van der Waals surface area contributed by atoms with Crippen molar-refractivity contribution in [3.63, 3.8) is 0 Å². The summed E-state index contributed by atoms with van der Waals surface area (Å²) in [6, 6.07) is 6.83. The monoisotopic (exact) mass is 345 g/mol. The summed E-state index contributed by atoms with van der Waals surface area (Å²) in [5.41, 5.74) is 2.22. The van der Waals surface area contributed by atoms with Gasteiger partial charge in [0.05, 0.1) is 0 Å². The molecule has 0 aliphatic rings. The second kappa shape index (κ2) is 7.35. The first kappa shape index (κ1) is 16.3. The van der Waals surface area contributed by atoms with E-state index >= 15 is 0 Å². The Morgan fingerprint density at radius 3 is 3.00 bits per heavy atom.